The molecule has 0 bridgehead atoms. The number of hydrogen-bond donors (Lipinski definition) is 1. The minimum absolute atomic E-state index is 0.317. The van der Waals surface area contributed by atoms with Crippen molar-refractivity contribution in [2.45, 2.75) is 39.2 Å². The Bertz CT molecular complexity index is 342. The minimum atomic E-state index is -0.317. The van der Waals surface area contributed by atoms with Crippen LogP contribution in [0.4, 0.5) is 5.69 Å². The van der Waals surface area contributed by atoms with Crippen LogP contribution in [0.25, 0.3) is 0 Å². The van der Waals surface area contributed by atoms with Crippen molar-refractivity contribution < 1.29 is 5.11 Å². The zero-order valence-corrected chi connectivity index (χ0v) is 10.9. The van der Waals surface area contributed by atoms with Gasteiger partial charge in [-0.3, -0.25) is 0 Å². The van der Waals surface area contributed by atoms with Gasteiger partial charge in [0.15, 0.2) is 0 Å². The molecule has 1 aliphatic rings. The number of anilines is 1. The lowest BCUT2D eigenvalue weighted by molar-refractivity contribution is 0.173. The van der Waals surface area contributed by atoms with Crippen LogP contribution in [0.5, 0.6) is 0 Å². The first-order chi connectivity index (χ1) is 8.24. The Morgan fingerprint density at radius 3 is 2.35 bits per heavy atom. The lowest BCUT2D eigenvalue weighted by Gasteiger charge is -2.23. The maximum atomic E-state index is 9.76. The molecule has 1 N–H and O–H groups in total. The first-order valence-corrected chi connectivity index (χ1v) is 6.77. The molecule has 0 saturated heterocycles. The average molecular weight is 233 g/mol. The molecule has 1 aromatic carbocycles. The SMILES string of the molecule is CCC(O)c1ccc(N(CC)CC2CC2)cc1. The van der Waals surface area contributed by atoms with Gasteiger partial charge in [0.2, 0.25) is 0 Å². The molecule has 2 nitrogen and oxygen atoms in total. The molecule has 0 aliphatic heterocycles. The molecule has 94 valence electrons. The summed E-state index contributed by atoms with van der Waals surface area (Å²) in [5.41, 5.74) is 2.31. The second-order valence-corrected chi connectivity index (χ2v) is 5.00. The van der Waals surface area contributed by atoms with E-state index >= 15 is 0 Å². The van der Waals surface area contributed by atoms with Crippen molar-refractivity contribution in [3.05, 3.63) is 29.8 Å². The Morgan fingerprint density at radius 2 is 1.88 bits per heavy atom. The van der Waals surface area contributed by atoms with E-state index in [2.05, 4.69) is 36.1 Å². The predicted molar refractivity (Wildman–Crippen MR) is 72.3 cm³/mol. The van der Waals surface area contributed by atoms with Crippen molar-refractivity contribution in [2.24, 2.45) is 5.92 Å². The lowest BCUT2D eigenvalue weighted by Crippen LogP contribution is -2.25. The second kappa shape index (κ2) is 5.54. The Hall–Kier alpha value is -1.02. The molecule has 0 amide bonds. The van der Waals surface area contributed by atoms with E-state index in [0.717, 1.165) is 24.4 Å². The molecule has 0 aromatic heterocycles. The molecule has 1 aliphatic carbocycles. The monoisotopic (exact) mass is 233 g/mol. The first-order valence-electron chi connectivity index (χ1n) is 6.77. The normalized spacial score (nSPS) is 16.9. The third kappa shape index (κ3) is 3.22. The maximum absolute atomic E-state index is 9.76. The van der Waals surface area contributed by atoms with E-state index in [9.17, 15) is 5.11 Å². The fourth-order valence-corrected chi connectivity index (χ4v) is 2.17. The average Bonchev–Trinajstić information content (AvgIpc) is 3.19. The van der Waals surface area contributed by atoms with Gasteiger partial charge in [0.1, 0.15) is 0 Å². The number of benzene rings is 1. The summed E-state index contributed by atoms with van der Waals surface area (Å²) in [6.45, 7) is 6.46. The van der Waals surface area contributed by atoms with E-state index in [1.165, 1.54) is 25.1 Å². The second-order valence-electron chi connectivity index (χ2n) is 5.00. The molecule has 2 rings (SSSR count). The maximum Gasteiger partial charge on any atom is 0.0787 e. The van der Waals surface area contributed by atoms with Crippen LogP contribution in [-0.2, 0) is 0 Å². The van der Waals surface area contributed by atoms with Crippen LogP contribution in [-0.4, -0.2) is 18.2 Å². The summed E-state index contributed by atoms with van der Waals surface area (Å²) in [6.07, 6.45) is 3.24. The topological polar surface area (TPSA) is 23.5 Å². The van der Waals surface area contributed by atoms with Gasteiger partial charge < -0.3 is 10.0 Å². The van der Waals surface area contributed by atoms with Crippen molar-refractivity contribution in [2.75, 3.05) is 18.0 Å². The standard InChI is InChI=1S/C15H23NO/c1-3-15(17)13-7-9-14(10-8-13)16(4-2)11-12-5-6-12/h7-10,12,15,17H,3-6,11H2,1-2H3. The van der Waals surface area contributed by atoms with E-state index in [1.807, 2.05) is 6.92 Å². The van der Waals surface area contributed by atoms with Crippen LogP contribution in [0.3, 0.4) is 0 Å². The summed E-state index contributed by atoms with van der Waals surface area (Å²) in [7, 11) is 0. The Morgan fingerprint density at radius 1 is 1.24 bits per heavy atom. The van der Waals surface area contributed by atoms with E-state index in [-0.39, 0.29) is 6.10 Å². The molecular formula is C15H23NO. The van der Waals surface area contributed by atoms with E-state index in [0.29, 0.717) is 0 Å². The highest BCUT2D eigenvalue weighted by Gasteiger charge is 2.23. The van der Waals surface area contributed by atoms with E-state index < -0.39 is 0 Å². The fourth-order valence-electron chi connectivity index (χ4n) is 2.17. The fraction of sp³-hybridized carbons (Fsp3) is 0.600. The van der Waals surface area contributed by atoms with Crippen LogP contribution in [0.1, 0.15) is 44.8 Å². The summed E-state index contributed by atoms with van der Waals surface area (Å²) in [6, 6.07) is 8.39. The molecule has 1 unspecified atom stereocenters. The van der Waals surface area contributed by atoms with E-state index in [1.54, 1.807) is 0 Å². The number of aliphatic hydroxyl groups excluding tert-OH is 1. The summed E-state index contributed by atoms with van der Waals surface area (Å²) < 4.78 is 0. The van der Waals surface area contributed by atoms with Crippen LogP contribution in [0.2, 0.25) is 0 Å². The highest BCUT2D eigenvalue weighted by molar-refractivity contribution is 5.48. The van der Waals surface area contributed by atoms with Gasteiger partial charge in [-0.25, -0.2) is 0 Å². The van der Waals surface area contributed by atoms with Gasteiger partial charge in [-0.2, -0.15) is 0 Å². The molecule has 1 fully saturated rings. The summed E-state index contributed by atoms with van der Waals surface area (Å²) >= 11 is 0. The molecule has 1 saturated carbocycles. The Labute approximate surface area is 104 Å². The van der Waals surface area contributed by atoms with Crippen molar-refractivity contribution in [1.82, 2.24) is 0 Å². The Balaban J connectivity index is 2.04. The van der Waals surface area contributed by atoms with Gasteiger partial charge in [0, 0.05) is 18.8 Å². The van der Waals surface area contributed by atoms with Crippen LogP contribution in [0.15, 0.2) is 24.3 Å². The van der Waals surface area contributed by atoms with Crippen LogP contribution in [0, 0.1) is 5.92 Å². The zero-order valence-electron chi connectivity index (χ0n) is 10.9. The van der Waals surface area contributed by atoms with E-state index in [4.69, 9.17) is 0 Å². The molecule has 0 heterocycles. The molecule has 17 heavy (non-hydrogen) atoms. The quantitative estimate of drug-likeness (QED) is 0.814. The molecule has 0 radical (unpaired) electrons. The van der Waals surface area contributed by atoms with Crippen LogP contribution >= 0.6 is 0 Å². The number of rotatable bonds is 6. The minimum Gasteiger partial charge on any atom is -0.388 e. The van der Waals surface area contributed by atoms with Gasteiger partial charge in [0.05, 0.1) is 6.10 Å². The molecule has 0 spiro atoms. The smallest absolute Gasteiger partial charge is 0.0787 e. The highest BCUT2D eigenvalue weighted by atomic mass is 16.3. The van der Waals surface area contributed by atoms with Crippen molar-refractivity contribution in [3.8, 4) is 0 Å². The first kappa shape index (κ1) is 12.4. The summed E-state index contributed by atoms with van der Waals surface area (Å²) in [5, 5.41) is 9.76. The van der Waals surface area contributed by atoms with Gasteiger partial charge >= 0.3 is 0 Å². The largest absolute Gasteiger partial charge is 0.388 e. The number of nitrogens with zero attached hydrogens (tertiary/aromatic N) is 1. The third-order valence-corrected chi connectivity index (χ3v) is 3.59. The summed E-state index contributed by atoms with van der Waals surface area (Å²) in [4.78, 5) is 2.43. The highest BCUT2D eigenvalue weighted by Crippen LogP contribution is 2.31. The molecule has 1 aromatic rings. The van der Waals surface area contributed by atoms with Crippen LogP contribution < -0.4 is 4.90 Å². The predicted octanol–water partition coefficient (Wildman–Crippen LogP) is 3.37. The van der Waals surface area contributed by atoms with Crippen molar-refractivity contribution in [3.63, 3.8) is 0 Å². The number of aliphatic hydroxyl groups is 1. The van der Waals surface area contributed by atoms with Crippen molar-refractivity contribution in [1.29, 1.82) is 0 Å². The molecule has 1 atom stereocenters. The molecular weight excluding hydrogens is 210 g/mol. The van der Waals surface area contributed by atoms with Crippen molar-refractivity contribution >= 4 is 5.69 Å². The van der Waals surface area contributed by atoms with Gasteiger partial charge in [-0.05, 0) is 49.8 Å². The van der Waals surface area contributed by atoms with Gasteiger partial charge in [-0.1, -0.05) is 19.1 Å². The third-order valence-electron chi connectivity index (χ3n) is 3.59. The molecule has 2 heteroatoms. The van der Waals surface area contributed by atoms with Gasteiger partial charge in [-0.15, -0.1) is 0 Å². The zero-order chi connectivity index (χ0) is 12.3. The Kier molecular flexibility index (Phi) is 4.06. The number of hydrogen-bond acceptors (Lipinski definition) is 2. The lowest BCUT2D eigenvalue weighted by atomic mass is 10.1. The summed E-state index contributed by atoms with van der Waals surface area (Å²) in [5.74, 6) is 0.913. The van der Waals surface area contributed by atoms with Gasteiger partial charge in [0.25, 0.3) is 0 Å².